The summed E-state index contributed by atoms with van der Waals surface area (Å²) in [6.07, 6.45) is 3.67. The third-order valence-electron chi connectivity index (χ3n) is 4.87. The van der Waals surface area contributed by atoms with Gasteiger partial charge in [-0.05, 0) is 68.7 Å². The van der Waals surface area contributed by atoms with E-state index in [1.165, 1.54) is 12.8 Å². The van der Waals surface area contributed by atoms with Crippen LogP contribution in [0.5, 0.6) is 5.75 Å². The standard InChI is InChI=1S/C24H31NO4/c1-5-6-7-8-16-28-21-14-12-20(13-15-21)24(27)29-19(4)23(26)25-22-11-9-10-17(2)18(22)3/h9-15,19H,5-8,16H2,1-4H3,(H,25,26). The van der Waals surface area contributed by atoms with E-state index in [1.54, 1.807) is 31.2 Å². The van der Waals surface area contributed by atoms with E-state index in [4.69, 9.17) is 9.47 Å². The minimum absolute atomic E-state index is 0.362. The number of amides is 1. The van der Waals surface area contributed by atoms with Gasteiger partial charge in [0.25, 0.3) is 5.91 Å². The molecule has 0 saturated heterocycles. The van der Waals surface area contributed by atoms with Crippen molar-refractivity contribution in [1.82, 2.24) is 0 Å². The summed E-state index contributed by atoms with van der Waals surface area (Å²) < 4.78 is 11.0. The molecule has 1 amide bonds. The Morgan fingerprint density at radius 2 is 1.72 bits per heavy atom. The molecule has 0 aliphatic rings. The molecular formula is C24H31NO4. The topological polar surface area (TPSA) is 64.6 Å². The smallest absolute Gasteiger partial charge is 0.338 e. The Bertz CT molecular complexity index is 814. The van der Waals surface area contributed by atoms with Crippen LogP contribution in [0.1, 0.15) is 61.0 Å². The Morgan fingerprint density at radius 1 is 1.00 bits per heavy atom. The van der Waals surface area contributed by atoms with Crippen LogP contribution in [0.2, 0.25) is 0 Å². The highest BCUT2D eigenvalue weighted by Crippen LogP contribution is 2.19. The van der Waals surface area contributed by atoms with Gasteiger partial charge in [-0.3, -0.25) is 4.79 Å². The van der Waals surface area contributed by atoms with Gasteiger partial charge in [-0.15, -0.1) is 0 Å². The average Bonchev–Trinajstić information content (AvgIpc) is 2.71. The minimum Gasteiger partial charge on any atom is -0.494 e. The zero-order valence-electron chi connectivity index (χ0n) is 17.8. The van der Waals surface area contributed by atoms with E-state index in [-0.39, 0.29) is 5.91 Å². The number of anilines is 1. The molecule has 5 nitrogen and oxygen atoms in total. The number of esters is 1. The number of rotatable bonds is 10. The van der Waals surface area contributed by atoms with Gasteiger partial charge in [-0.25, -0.2) is 4.79 Å². The number of aryl methyl sites for hydroxylation is 1. The van der Waals surface area contributed by atoms with Crippen LogP contribution in [-0.4, -0.2) is 24.6 Å². The molecule has 2 rings (SSSR count). The first-order chi connectivity index (χ1) is 13.9. The van der Waals surface area contributed by atoms with Crippen LogP contribution in [0, 0.1) is 13.8 Å². The van der Waals surface area contributed by atoms with Gasteiger partial charge in [0.05, 0.1) is 12.2 Å². The lowest BCUT2D eigenvalue weighted by molar-refractivity contribution is -0.123. The molecule has 1 unspecified atom stereocenters. The molecule has 0 heterocycles. The van der Waals surface area contributed by atoms with E-state index in [1.807, 2.05) is 32.0 Å². The van der Waals surface area contributed by atoms with Crippen molar-refractivity contribution in [3.8, 4) is 5.75 Å². The summed E-state index contributed by atoms with van der Waals surface area (Å²) in [6, 6.07) is 12.5. The SMILES string of the molecule is CCCCCCOc1ccc(C(=O)OC(C)C(=O)Nc2cccc(C)c2C)cc1. The van der Waals surface area contributed by atoms with Crippen molar-refractivity contribution in [1.29, 1.82) is 0 Å². The minimum atomic E-state index is -0.906. The summed E-state index contributed by atoms with van der Waals surface area (Å²) in [4.78, 5) is 24.7. The van der Waals surface area contributed by atoms with E-state index in [0.717, 1.165) is 35.4 Å². The first-order valence-corrected chi connectivity index (χ1v) is 10.2. The summed E-state index contributed by atoms with van der Waals surface area (Å²) in [6.45, 7) is 8.32. The fourth-order valence-electron chi connectivity index (χ4n) is 2.81. The maximum absolute atomic E-state index is 12.4. The molecule has 5 heteroatoms. The second-order valence-corrected chi connectivity index (χ2v) is 7.22. The van der Waals surface area contributed by atoms with Crippen molar-refractivity contribution in [2.45, 2.75) is 59.5 Å². The Labute approximate surface area is 173 Å². The third-order valence-corrected chi connectivity index (χ3v) is 4.87. The van der Waals surface area contributed by atoms with Crippen molar-refractivity contribution in [2.75, 3.05) is 11.9 Å². The molecule has 0 aliphatic heterocycles. The number of hydrogen-bond acceptors (Lipinski definition) is 4. The van der Waals surface area contributed by atoms with Crippen molar-refractivity contribution in [3.05, 3.63) is 59.2 Å². The van der Waals surface area contributed by atoms with Crippen molar-refractivity contribution < 1.29 is 19.1 Å². The Kier molecular flexibility index (Phi) is 8.71. The Hall–Kier alpha value is -2.82. The first kappa shape index (κ1) is 22.5. The van der Waals surface area contributed by atoms with Gasteiger partial charge in [-0.1, -0.05) is 38.3 Å². The van der Waals surface area contributed by atoms with Crippen LogP contribution in [0.4, 0.5) is 5.69 Å². The van der Waals surface area contributed by atoms with Crippen molar-refractivity contribution >= 4 is 17.6 Å². The molecule has 156 valence electrons. The third kappa shape index (κ3) is 6.93. The number of carbonyl (C=O) groups excluding carboxylic acids is 2. The number of unbranched alkanes of at least 4 members (excludes halogenated alkanes) is 3. The van der Waals surface area contributed by atoms with Crippen LogP contribution in [0.3, 0.4) is 0 Å². The molecule has 0 aliphatic carbocycles. The molecule has 0 bridgehead atoms. The lowest BCUT2D eigenvalue weighted by Crippen LogP contribution is -2.30. The van der Waals surface area contributed by atoms with Gasteiger partial charge in [0.15, 0.2) is 6.10 Å². The van der Waals surface area contributed by atoms with Crippen LogP contribution in [0.15, 0.2) is 42.5 Å². The van der Waals surface area contributed by atoms with Crippen LogP contribution >= 0.6 is 0 Å². The highest BCUT2D eigenvalue weighted by Gasteiger charge is 2.19. The second-order valence-electron chi connectivity index (χ2n) is 7.22. The van der Waals surface area contributed by atoms with Crippen LogP contribution in [0.25, 0.3) is 0 Å². The molecule has 2 aromatic carbocycles. The summed E-state index contributed by atoms with van der Waals surface area (Å²) in [7, 11) is 0. The van der Waals surface area contributed by atoms with Crippen LogP contribution in [-0.2, 0) is 9.53 Å². The molecule has 0 fully saturated rings. The highest BCUT2D eigenvalue weighted by atomic mass is 16.5. The maximum Gasteiger partial charge on any atom is 0.338 e. The van der Waals surface area contributed by atoms with Crippen molar-refractivity contribution in [3.63, 3.8) is 0 Å². The largest absolute Gasteiger partial charge is 0.494 e. The van der Waals surface area contributed by atoms with Gasteiger partial charge < -0.3 is 14.8 Å². The van der Waals surface area contributed by atoms with Crippen LogP contribution < -0.4 is 10.1 Å². The molecule has 1 atom stereocenters. The fraction of sp³-hybridized carbons (Fsp3) is 0.417. The van der Waals surface area contributed by atoms with Gasteiger partial charge >= 0.3 is 5.97 Å². The number of ether oxygens (including phenoxy) is 2. The zero-order chi connectivity index (χ0) is 21.2. The molecular weight excluding hydrogens is 366 g/mol. The van der Waals surface area contributed by atoms with Gasteiger partial charge in [-0.2, -0.15) is 0 Å². The van der Waals surface area contributed by atoms with E-state index in [2.05, 4.69) is 12.2 Å². The molecule has 0 aromatic heterocycles. The van der Waals surface area contributed by atoms with E-state index < -0.39 is 12.1 Å². The summed E-state index contributed by atoms with van der Waals surface area (Å²) in [5.74, 6) is -0.180. The van der Waals surface area contributed by atoms with E-state index in [0.29, 0.717) is 12.2 Å². The zero-order valence-corrected chi connectivity index (χ0v) is 17.8. The number of carbonyl (C=O) groups is 2. The fourth-order valence-corrected chi connectivity index (χ4v) is 2.81. The Balaban J connectivity index is 1.85. The maximum atomic E-state index is 12.4. The quantitative estimate of drug-likeness (QED) is 0.428. The van der Waals surface area contributed by atoms with E-state index >= 15 is 0 Å². The number of benzene rings is 2. The first-order valence-electron chi connectivity index (χ1n) is 10.2. The van der Waals surface area contributed by atoms with Crippen molar-refractivity contribution in [2.24, 2.45) is 0 Å². The Morgan fingerprint density at radius 3 is 2.41 bits per heavy atom. The molecule has 0 saturated carbocycles. The molecule has 0 spiro atoms. The molecule has 0 radical (unpaired) electrons. The van der Waals surface area contributed by atoms with E-state index in [9.17, 15) is 9.59 Å². The average molecular weight is 398 g/mol. The molecule has 1 N–H and O–H groups in total. The predicted molar refractivity (Wildman–Crippen MR) is 116 cm³/mol. The van der Waals surface area contributed by atoms with Gasteiger partial charge in [0.2, 0.25) is 0 Å². The predicted octanol–water partition coefficient (Wildman–Crippen LogP) is 5.45. The molecule has 29 heavy (non-hydrogen) atoms. The summed E-state index contributed by atoms with van der Waals surface area (Å²) >= 11 is 0. The molecule has 2 aromatic rings. The van der Waals surface area contributed by atoms with Gasteiger partial charge in [0.1, 0.15) is 5.75 Å². The normalized spacial score (nSPS) is 11.6. The summed E-state index contributed by atoms with van der Waals surface area (Å²) in [5.41, 5.74) is 3.18. The highest BCUT2D eigenvalue weighted by molar-refractivity contribution is 5.97. The number of hydrogen-bond donors (Lipinski definition) is 1. The summed E-state index contributed by atoms with van der Waals surface area (Å²) in [5, 5.41) is 2.82. The lowest BCUT2D eigenvalue weighted by Gasteiger charge is -2.15. The number of nitrogens with one attached hydrogen (secondary N) is 1. The van der Waals surface area contributed by atoms with Gasteiger partial charge in [0, 0.05) is 5.69 Å². The second kappa shape index (κ2) is 11.2. The lowest BCUT2D eigenvalue weighted by atomic mass is 10.1. The monoisotopic (exact) mass is 397 g/mol.